The molecular weight excluding hydrogens is 319 g/mol. The highest BCUT2D eigenvalue weighted by Crippen LogP contribution is 2.31. The molecule has 1 unspecified atom stereocenters. The zero-order valence-electron chi connectivity index (χ0n) is 12.7. The minimum absolute atomic E-state index is 0. The first kappa shape index (κ1) is 17.6. The van der Waals surface area contributed by atoms with E-state index in [1.165, 1.54) is 12.0 Å². The molecule has 1 aromatic carbocycles. The Labute approximate surface area is 143 Å². The molecule has 0 aromatic heterocycles. The molecule has 2 fully saturated rings. The van der Waals surface area contributed by atoms with Gasteiger partial charge in [-0.2, -0.15) is 0 Å². The van der Waals surface area contributed by atoms with Crippen LogP contribution in [0.15, 0.2) is 24.3 Å². The van der Waals surface area contributed by atoms with E-state index in [1.807, 2.05) is 17.0 Å². The van der Waals surface area contributed by atoms with Crippen molar-refractivity contribution in [1.82, 2.24) is 4.90 Å². The number of nitrogens with two attached hydrogens (primary N) is 1. The van der Waals surface area contributed by atoms with Crippen molar-refractivity contribution in [3.8, 4) is 0 Å². The molecule has 0 spiro atoms. The highest BCUT2D eigenvalue weighted by Gasteiger charge is 2.31. The summed E-state index contributed by atoms with van der Waals surface area (Å²) in [5.74, 6) is 1.13. The highest BCUT2D eigenvalue weighted by atomic mass is 35.5. The quantitative estimate of drug-likeness (QED) is 0.912. The van der Waals surface area contributed by atoms with Gasteiger partial charge in [0.25, 0.3) is 0 Å². The molecule has 1 saturated heterocycles. The summed E-state index contributed by atoms with van der Waals surface area (Å²) in [4.78, 5) is 14.4. The lowest BCUT2D eigenvalue weighted by molar-refractivity contribution is -0.131. The van der Waals surface area contributed by atoms with Crippen molar-refractivity contribution in [2.24, 2.45) is 11.7 Å². The average Bonchev–Trinajstić information content (AvgIpc) is 3.10. The second kappa shape index (κ2) is 7.67. The Balaban J connectivity index is 0.00000176. The van der Waals surface area contributed by atoms with Crippen LogP contribution in [0.25, 0.3) is 0 Å². The number of hydrogen-bond acceptors (Lipinski definition) is 2. The lowest BCUT2D eigenvalue weighted by Crippen LogP contribution is -2.33. The zero-order chi connectivity index (χ0) is 14.8. The third-order valence-electron chi connectivity index (χ3n) is 5.04. The molecule has 3 nitrogen and oxygen atoms in total. The minimum Gasteiger partial charge on any atom is -0.342 e. The van der Waals surface area contributed by atoms with Crippen LogP contribution in [0, 0.1) is 5.92 Å². The lowest BCUT2D eigenvalue weighted by Gasteiger charge is -2.21. The molecule has 3 atom stereocenters. The fourth-order valence-corrected chi connectivity index (χ4v) is 3.79. The molecule has 0 bridgehead atoms. The second-order valence-corrected chi connectivity index (χ2v) is 6.87. The van der Waals surface area contributed by atoms with Crippen LogP contribution in [-0.4, -0.2) is 29.9 Å². The van der Waals surface area contributed by atoms with E-state index in [2.05, 4.69) is 12.1 Å². The number of amides is 1. The van der Waals surface area contributed by atoms with Crippen molar-refractivity contribution < 1.29 is 4.79 Å². The summed E-state index contributed by atoms with van der Waals surface area (Å²) in [5.41, 5.74) is 7.36. The SMILES string of the molecule is Cl.N[C@@H]1CCC[C@H]1CC(=O)N1CCC(c2ccc(Cl)cc2)C1. The Hall–Kier alpha value is -0.770. The first-order valence-electron chi connectivity index (χ1n) is 7.92. The molecule has 1 amide bonds. The van der Waals surface area contributed by atoms with Crippen LogP contribution in [0.3, 0.4) is 0 Å². The van der Waals surface area contributed by atoms with Gasteiger partial charge in [-0.25, -0.2) is 0 Å². The van der Waals surface area contributed by atoms with Crippen LogP contribution in [0.4, 0.5) is 0 Å². The van der Waals surface area contributed by atoms with Crippen LogP contribution in [-0.2, 0) is 4.79 Å². The molecule has 2 aliphatic rings. The van der Waals surface area contributed by atoms with Crippen LogP contribution in [0.5, 0.6) is 0 Å². The van der Waals surface area contributed by atoms with Crippen LogP contribution < -0.4 is 5.73 Å². The maximum absolute atomic E-state index is 12.4. The number of nitrogens with zero attached hydrogens (tertiary/aromatic N) is 1. The van der Waals surface area contributed by atoms with E-state index in [9.17, 15) is 4.79 Å². The molecule has 2 N–H and O–H groups in total. The maximum atomic E-state index is 12.4. The third-order valence-corrected chi connectivity index (χ3v) is 5.29. The van der Waals surface area contributed by atoms with Gasteiger partial charge >= 0.3 is 0 Å². The molecule has 1 saturated carbocycles. The van der Waals surface area contributed by atoms with E-state index in [0.717, 1.165) is 37.4 Å². The van der Waals surface area contributed by atoms with Crippen molar-refractivity contribution >= 4 is 29.9 Å². The van der Waals surface area contributed by atoms with Gasteiger partial charge in [0.1, 0.15) is 0 Å². The summed E-state index contributed by atoms with van der Waals surface area (Å²) < 4.78 is 0. The van der Waals surface area contributed by atoms with Crippen molar-refractivity contribution in [1.29, 1.82) is 0 Å². The predicted molar refractivity (Wildman–Crippen MR) is 92.6 cm³/mol. The number of hydrogen-bond donors (Lipinski definition) is 1. The van der Waals surface area contributed by atoms with Crippen LogP contribution >= 0.6 is 24.0 Å². The van der Waals surface area contributed by atoms with Gasteiger partial charge < -0.3 is 10.6 Å². The van der Waals surface area contributed by atoms with Gasteiger partial charge in [0.15, 0.2) is 0 Å². The Morgan fingerprint density at radius 2 is 1.95 bits per heavy atom. The largest absolute Gasteiger partial charge is 0.342 e. The molecule has 1 aliphatic heterocycles. The van der Waals surface area contributed by atoms with E-state index in [1.54, 1.807) is 0 Å². The van der Waals surface area contributed by atoms with Crippen LogP contribution in [0.1, 0.15) is 43.6 Å². The summed E-state index contributed by atoms with van der Waals surface area (Å²) in [6.07, 6.45) is 5.04. The topological polar surface area (TPSA) is 46.3 Å². The van der Waals surface area contributed by atoms with Gasteiger partial charge in [0.2, 0.25) is 5.91 Å². The van der Waals surface area contributed by atoms with Gasteiger partial charge in [0.05, 0.1) is 0 Å². The number of carbonyl (C=O) groups excluding carboxylic acids is 1. The zero-order valence-corrected chi connectivity index (χ0v) is 14.3. The van der Waals surface area contributed by atoms with Gasteiger partial charge in [0, 0.05) is 36.5 Å². The molecule has 22 heavy (non-hydrogen) atoms. The number of rotatable bonds is 3. The Morgan fingerprint density at radius 1 is 1.23 bits per heavy atom. The molecular formula is C17H24Cl2N2O. The monoisotopic (exact) mass is 342 g/mol. The molecule has 3 rings (SSSR count). The first-order chi connectivity index (χ1) is 10.1. The van der Waals surface area contributed by atoms with Crippen molar-refractivity contribution in [2.75, 3.05) is 13.1 Å². The maximum Gasteiger partial charge on any atom is 0.222 e. The van der Waals surface area contributed by atoms with E-state index in [0.29, 0.717) is 18.3 Å². The number of benzene rings is 1. The standard InChI is InChI=1S/C17H23ClN2O.ClH/c18-15-6-4-12(5-7-15)14-8-9-20(11-14)17(21)10-13-2-1-3-16(13)19;/h4-7,13-14,16H,1-3,8-11,19H2;1H/t13-,14?,16+;/m0./s1. The average molecular weight is 343 g/mol. The number of halogens is 2. The summed E-state index contributed by atoms with van der Waals surface area (Å²) >= 11 is 5.93. The van der Waals surface area contributed by atoms with Crippen molar-refractivity contribution in [2.45, 2.75) is 44.1 Å². The first-order valence-corrected chi connectivity index (χ1v) is 8.30. The molecule has 5 heteroatoms. The van der Waals surface area contributed by atoms with E-state index in [-0.39, 0.29) is 24.4 Å². The summed E-state index contributed by atoms with van der Waals surface area (Å²) in [6.45, 7) is 1.70. The third kappa shape index (κ3) is 3.95. The predicted octanol–water partition coefficient (Wildman–Crippen LogP) is 3.60. The van der Waals surface area contributed by atoms with Gasteiger partial charge in [-0.05, 0) is 42.9 Å². The van der Waals surface area contributed by atoms with Crippen LogP contribution in [0.2, 0.25) is 5.02 Å². The molecule has 0 radical (unpaired) electrons. The fourth-order valence-electron chi connectivity index (χ4n) is 3.67. The molecule has 1 aromatic rings. The van der Waals surface area contributed by atoms with E-state index < -0.39 is 0 Å². The van der Waals surface area contributed by atoms with Crippen molar-refractivity contribution in [3.05, 3.63) is 34.9 Å². The van der Waals surface area contributed by atoms with Gasteiger partial charge in [-0.3, -0.25) is 4.79 Å². The Bertz CT molecular complexity index is 506. The fraction of sp³-hybridized carbons (Fsp3) is 0.588. The Kier molecular flexibility index (Phi) is 6.13. The van der Waals surface area contributed by atoms with Gasteiger partial charge in [-0.15, -0.1) is 12.4 Å². The van der Waals surface area contributed by atoms with Gasteiger partial charge in [-0.1, -0.05) is 30.2 Å². The smallest absolute Gasteiger partial charge is 0.222 e. The highest BCUT2D eigenvalue weighted by molar-refractivity contribution is 6.30. The number of carbonyl (C=O) groups is 1. The lowest BCUT2D eigenvalue weighted by atomic mass is 9.98. The Morgan fingerprint density at radius 3 is 2.59 bits per heavy atom. The molecule has 1 aliphatic carbocycles. The number of likely N-dealkylation sites (tertiary alicyclic amines) is 1. The minimum atomic E-state index is 0. The molecule has 1 heterocycles. The van der Waals surface area contributed by atoms with Crippen molar-refractivity contribution in [3.63, 3.8) is 0 Å². The van der Waals surface area contributed by atoms with E-state index in [4.69, 9.17) is 17.3 Å². The summed E-state index contributed by atoms with van der Waals surface area (Å²) in [6, 6.07) is 8.24. The second-order valence-electron chi connectivity index (χ2n) is 6.44. The van der Waals surface area contributed by atoms with E-state index >= 15 is 0 Å². The summed E-state index contributed by atoms with van der Waals surface area (Å²) in [7, 11) is 0. The normalized spacial score (nSPS) is 27.7. The molecule has 122 valence electrons. The summed E-state index contributed by atoms with van der Waals surface area (Å²) in [5, 5.41) is 0.764.